The van der Waals surface area contributed by atoms with Crippen LogP contribution in [0.3, 0.4) is 0 Å². The molecule has 4 N–H and O–H groups in total. The van der Waals surface area contributed by atoms with Gasteiger partial charge >= 0.3 is 12.1 Å². The molecule has 2 aliphatic heterocycles. The van der Waals surface area contributed by atoms with Gasteiger partial charge in [0.05, 0.1) is 30.9 Å². The number of hydrogen-bond donors (Lipinski definition) is 3. The van der Waals surface area contributed by atoms with Crippen LogP contribution in [0, 0.1) is 5.82 Å². The van der Waals surface area contributed by atoms with Gasteiger partial charge in [0.25, 0.3) is 0 Å². The SMILES string of the molecule is CC(=O)NCC1CN(c2ccc(-c3ccc(C4=NOC(CC(CNC(C)C)OC(=O)CCC=O)C4)nc3)c(F)c2)C(=O)O1.CN. The number of cyclic esters (lactones) is 1. The number of nitrogens with one attached hydrogen (secondary N) is 2. The fourth-order valence-corrected chi connectivity index (χ4v) is 4.69. The number of pyridine rings is 1. The number of nitrogens with two attached hydrogens (primary N) is 1. The molecule has 2 aliphatic rings. The van der Waals surface area contributed by atoms with Crippen LogP contribution >= 0.6 is 0 Å². The van der Waals surface area contributed by atoms with Gasteiger partial charge in [-0.05, 0) is 31.3 Å². The van der Waals surface area contributed by atoms with E-state index in [2.05, 4.69) is 26.5 Å². The number of esters is 1. The Morgan fingerprint density at radius 1 is 1.22 bits per heavy atom. The summed E-state index contributed by atoms with van der Waals surface area (Å²) in [4.78, 5) is 57.5. The van der Waals surface area contributed by atoms with Crippen molar-refractivity contribution in [1.82, 2.24) is 15.6 Å². The Kier molecular flexibility index (Phi) is 13.4. The number of carbonyl (C=O) groups is 4. The molecule has 45 heavy (non-hydrogen) atoms. The molecule has 3 unspecified atom stereocenters. The Bertz CT molecular complexity index is 1350. The first-order chi connectivity index (χ1) is 21.6. The molecule has 14 heteroatoms. The van der Waals surface area contributed by atoms with Crippen LogP contribution in [-0.4, -0.2) is 86.0 Å². The molecule has 0 radical (unpaired) electrons. The van der Waals surface area contributed by atoms with Crippen molar-refractivity contribution in [2.45, 2.75) is 70.8 Å². The maximum absolute atomic E-state index is 15.1. The summed E-state index contributed by atoms with van der Waals surface area (Å²) in [5.41, 5.74) is 6.90. The van der Waals surface area contributed by atoms with Gasteiger partial charge in [-0.15, -0.1) is 0 Å². The zero-order valence-electron chi connectivity index (χ0n) is 26.0. The van der Waals surface area contributed by atoms with E-state index in [-0.39, 0.29) is 44.0 Å². The summed E-state index contributed by atoms with van der Waals surface area (Å²) in [5.74, 6) is -1.20. The molecule has 3 heterocycles. The van der Waals surface area contributed by atoms with Crippen LogP contribution in [0.4, 0.5) is 14.9 Å². The Labute approximate surface area is 261 Å². The van der Waals surface area contributed by atoms with Crippen LogP contribution in [0.5, 0.6) is 0 Å². The molecule has 0 saturated carbocycles. The summed E-state index contributed by atoms with van der Waals surface area (Å²) in [6.07, 6.45) is 1.32. The summed E-state index contributed by atoms with van der Waals surface area (Å²) < 4.78 is 26.0. The Hall–Kier alpha value is -4.43. The highest BCUT2D eigenvalue weighted by atomic mass is 19.1. The third kappa shape index (κ3) is 10.3. The number of aromatic nitrogens is 1. The molecular weight excluding hydrogens is 587 g/mol. The van der Waals surface area contributed by atoms with Crippen LogP contribution in [0.15, 0.2) is 41.7 Å². The summed E-state index contributed by atoms with van der Waals surface area (Å²) in [7, 11) is 1.50. The number of rotatable bonds is 14. The molecule has 2 aromatic rings. The second-order valence-electron chi connectivity index (χ2n) is 10.7. The fraction of sp³-hybridized carbons (Fsp3) is 0.484. The lowest BCUT2D eigenvalue weighted by Crippen LogP contribution is -2.37. The van der Waals surface area contributed by atoms with E-state index in [0.717, 1.165) is 0 Å². The first kappa shape index (κ1) is 35.1. The van der Waals surface area contributed by atoms with E-state index in [4.69, 9.17) is 14.3 Å². The molecule has 4 rings (SSSR count). The van der Waals surface area contributed by atoms with Gasteiger partial charge in [0.15, 0.2) is 0 Å². The van der Waals surface area contributed by atoms with Gasteiger partial charge in [0.1, 0.15) is 36.1 Å². The number of aldehydes is 1. The minimum absolute atomic E-state index is 0.0275. The second-order valence-corrected chi connectivity index (χ2v) is 10.7. The Morgan fingerprint density at radius 3 is 2.64 bits per heavy atom. The van der Waals surface area contributed by atoms with Gasteiger partial charge < -0.3 is 35.5 Å². The predicted octanol–water partition coefficient (Wildman–Crippen LogP) is 2.70. The van der Waals surface area contributed by atoms with Crippen molar-refractivity contribution in [3.05, 3.63) is 48.0 Å². The molecule has 1 fully saturated rings. The number of benzene rings is 1. The first-order valence-corrected chi connectivity index (χ1v) is 14.8. The van der Waals surface area contributed by atoms with Crippen molar-refractivity contribution in [2.75, 3.05) is 31.6 Å². The molecule has 3 atom stereocenters. The number of amides is 2. The zero-order chi connectivity index (χ0) is 32.9. The molecule has 1 saturated heterocycles. The average molecular weight is 629 g/mol. The molecular formula is C31H41FN6O7. The summed E-state index contributed by atoms with van der Waals surface area (Å²) in [5, 5.41) is 10.0. The zero-order valence-corrected chi connectivity index (χ0v) is 26.0. The number of nitrogens with zero attached hydrogens (tertiary/aromatic N) is 3. The highest BCUT2D eigenvalue weighted by Crippen LogP contribution is 2.29. The van der Waals surface area contributed by atoms with Gasteiger partial charge in [0.2, 0.25) is 5.91 Å². The van der Waals surface area contributed by atoms with Gasteiger partial charge in [-0.2, -0.15) is 0 Å². The standard InChI is InChI=1S/C30H36FN5O7.CH5N/c1-18(2)32-15-23(41-29(39)5-4-10-37)12-22-13-28(35-43-22)27-9-6-20(14-34-27)25-8-7-21(11-26(25)31)36-17-24(42-30(36)40)16-33-19(3)38;1-2/h6-11,14,18,22-24,32H,4-5,12-13,15-17H2,1-3H3,(H,33,38);2H2,1H3. The topological polar surface area (TPSA) is 175 Å². The second kappa shape index (κ2) is 17.2. The molecule has 1 aromatic heterocycles. The fourth-order valence-electron chi connectivity index (χ4n) is 4.69. The lowest BCUT2D eigenvalue weighted by atomic mass is 10.0. The number of anilines is 1. The summed E-state index contributed by atoms with van der Waals surface area (Å²) in [6, 6.07) is 8.12. The Morgan fingerprint density at radius 2 is 2.00 bits per heavy atom. The van der Waals surface area contributed by atoms with Crippen molar-refractivity contribution >= 4 is 35.7 Å². The lowest BCUT2D eigenvalue weighted by Gasteiger charge is -2.21. The average Bonchev–Trinajstić information content (AvgIpc) is 3.65. The Balaban J connectivity index is 0.00000271. The van der Waals surface area contributed by atoms with Crippen molar-refractivity contribution in [3.8, 4) is 11.1 Å². The van der Waals surface area contributed by atoms with E-state index in [0.29, 0.717) is 53.9 Å². The van der Waals surface area contributed by atoms with Crippen LogP contribution in [0.2, 0.25) is 0 Å². The highest BCUT2D eigenvalue weighted by Gasteiger charge is 2.33. The maximum atomic E-state index is 15.1. The molecule has 13 nitrogen and oxygen atoms in total. The minimum atomic E-state index is -0.607. The molecule has 2 amide bonds. The number of ether oxygens (including phenoxy) is 2. The van der Waals surface area contributed by atoms with Crippen LogP contribution in [-0.2, 0) is 28.7 Å². The minimum Gasteiger partial charge on any atom is -0.461 e. The number of carbonyl (C=O) groups excluding carboxylic acids is 4. The van der Waals surface area contributed by atoms with Crippen LogP contribution < -0.4 is 21.3 Å². The first-order valence-electron chi connectivity index (χ1n) is 14.8. The quantitative estimate of drug-likeness (QED) is 0.208. The van der Waals surface area contributed by atoms with Gasteiger partial charge in [0, 0.05) is 56.1 Å². The monoisotopic (exact) mass is 628 g/mol. The molecule has 0 spiro atoms. The van der Waals surface area contributed by atoms with Gasteiger partial charge in [-0.25, -0.2) is 9.18 Å². The molecule has 0 aliphatic carbocycles. The van der Waals surface area contributed by atoms with Crippen molar-refractivity contribution < 1.29 is 37.9 Å². The van der Waals surface area contributed by atoms with E-state index >= 15 is 4.39 Å². The van der Waals surface area contributed by atoms with E-state index in [1.165, 1.54) is 24.9 Å². The number of oxime groups is 1. The highest BCUT2D eigenvalue weighted by molar-refractivity contribution is 5.99. The smallest absolute Gasteiger partial charge is 0.414 e. The number of hydrogen-bond acceptors (Lipinski definition) is 11. The molecule has 1 aromatic carbocycles. The van der Waals surface area contributed by atoms with Crippen molar-refractivity contribution in [1.29, 1.82) is 0 Å². The number of halogens is 1. The third-order valence-electron chi connectivity index (χ3n) is 6.86. The summed E-state index contributed by atoms with van der Waals surface area (Å²) >= 11 is 0. The van der Waals surface area contributed by atoms with E-state index in [1.54, 1.807) is 30.5 Å². The van der Waals surface area contributed by atoms with Crippen LogP contribution in [0.25, 0.3) is 11.1 Å². The lowest BCUT2D eigenvalue weighted by molar-refractivity contribution is -0.151. The van der Waals surface area contributed by atoms with Gasteiger partial charge in [-0.1, -0.05) is 25.1 Å². The predicted molar refractivity (Wildman–Crippen MR) is 165 cm³/mol. The largest absolute Gasteiger partial charge is 0.461 e. The van der Waals surface area contributed by atoms with E-state index in [9.17, 15) is 19.2 Å². The van der Waals surface area contributed by atoms with E-state index < -0.39 is 30.1 Å². The maximum Gasteiger partial charge on any atom is 0.414 e. The molecule has 0 bridgehead atoms. The summed E-state index contributed by atoms with van der Waals surface area (Å²) in [6.45, 7) is 6.16. The van der Waals surface area contributed by atoms with Gasteiger partial charge in [-0.3, -0.25) is 19.5 Å². The van der Waals surface area contributed by atoms with Crippen molar-refractivity contribution in [3.63, 3.8) is 0 Å². The van der Waals surface area contributed by atoms with Crippen molar-refractivity contribution in [2.24, 2.45) is 10.9 Å². The van der Waals surface area contributed by atoms with Crippen LogP contribution in [0.1, 0.15) is 52.1 Å². The van der Waals surface area contributed by atoms with E-state index in [1.807, 2.05) is 13.8 Å². The third-order valence-corrected chi connectivity index (χ3v) is 6.86. The normalized spacial score (nSPS) is 17.9. The molecule has 244 valence electrons.